The highest BCUT2D eigenvalue weighted by atomic mass is 16.5. The summed E-state index contributed by atoms with van der Waals surface area (Å²) in [4.78, 5) is 12.2. The average Bonchev–Trinajstić information content (AvgIpc) is 2.97. The third-order valence-corrected chi connectivity index (χ3v) is 8.39. The fourth-order valence-electron chi connectivity index (χ4n) is 5.81. The molecule has 1 aliphatic heterocycles. The van der Waals surface area contributed by atoms with E-state index in [4.69, 9.17) is 18.9 Å². The van der Waals surface area contributed by atoms with E-state index in [1.807, 2.05) is 55.5 Å². The zero-order valence-electron chi connectivity index (χ0n) is 24.5. The predicted molar refractivity (Wildman–Crippen MR) is 153 cm³/mol. The highest BCUT2D eigenvalue weighted by Gasteiger charge is 2.42. The Balaban J connectivity index is 1.69. The Morgan fingerprint density at radius 3 is 2.13 bits per heavy atom. The lowest BCUT2D eigenvalue weighted by Crippen LogP contribution is -2.49. The highest BCUT2D eigenvalue weighted by molar-refractivity contribution is 5.72. The second-order valence-electron chi connectivity index (χ2n) is 11.5. The quantitative estimate of drug-likeness (QED) is 0.294. The number of methoxy groups -OCH3 is 1. The Morgan fingerprint density at radius 1 is 0.949 bits per heavy atom. The molecule has 2 aromatic rings. The van der Waals surface area contributed by atoms with Crippen molar-refractivity contribution in [2.75, 3.05) is 13.7 Å². The Morgan fingerprint density at radius 2 is 1.54 bits per heavy atom. The number of rotatable bonds is 14. The Bertz CT molecular complexity index is 967. The van der Waals surface area contributed by atoms with Crippen LogP contribution in [0.4, 0.5) is 0 Å². The molecule has 0 radical (unpaired) electrons. The van der Waals surface area contributed by atoms with Crippen LogP contribution in [-0.4, -0.2) is 49.2 Å². The minimum absolute atomic E-state index is 0.00144. The van der Waals surface area contributed by atoms with Crippen molar-refractivity contribution in [2.24, 2.45) is 29.6 Å². The lowest BCUT2D eigenvalue weighted by Gasteiger charge is -2.44. The fourth-order valence-corrected chi connectivity index (χ4v) is 5.81. The molecule has 9 atom stereocenters. The standard InChI is InChI=1S/C33H48O6/c1-22-17-18-29(23(2)19-37-20-27-13-9-7-10-14-27)39-31(22)26(5)32(38-21-28-15-11-8-12-16-28)24(3)30(34)25(4)33(35)36-6/h7-16,22-26,29-32,34H,17-21H2,1-6H3/t22-,23+,24-,25-,26+,29-,30+,31-,32-/m0/s1. The molecule has 6 heteroatoms. The summed E-state index contributed by atoms with van der Waals surface area (Å²) in [6.45, 7) is 11.9. The van der Waals surface area contributed by atoms with Crippen molar-refractivity contribution in [3.05, 3.63) is 71.8 Å². The minimum Gasteiger partial charge on any atom is -0.469 e. The largest absolute Gasteiger partial charge is 0.469 e. The maximum atomic E-state index is 12.2. The van der Waals surface area contributed by atoms with Crippen molar-refractivity contribution in [2.45, 2.75) is 85.1 Å². The van der Waals surface area contributed by atoms with E-state index in [0.29, 0.717) is 25.7 Å². The lowest BCUT2D eigenvalue weighted by atomic mass is 9.77. The van der Waals surface area contributed by atoms with E-state index in [1.165, 1.54) is 12.7 Å². The smallest absolute Gasteiger partial charge is 0.311 e. The normalized spacial score (nSPS) is 24.2. The van der Waals surface area contributed by atoms with Crippen LogP contribution in [0.2, 0.25) is 0 Å². The van der Waals surface area contributed by atoms with Crippen LogP contribution >= 0.6 is 0 Å². The van der Waals surface area contributed by atoms with Gasteiger partial charge in [-0.05, 0) is 36.8 Å². The molecule has 3 rings (SSSR count). The van der Waals surface area contributed by atoms with Crippen molar-refractivity contribution >= 4 is 5.97 Å². The number of benzene rings is 2. The molecule has 0 amide bonds. The molecular formula is C33H48O6. The third-order valence-electron chi connectivity index (χ3n) is 8.39. The molecule has 2 aromatic carbocycles. The van der Waals surface area contributed by atoms with Crippen LogP contribution in [-0.2, 0) is 37.0 Å². The SMILES string of the molecule is COC(=O)[C@@H](C)[C@H](O)[C@H](C)[C@H](OCc1ccccc1)[C@H](C)[C@H]1O[C@H]([C@H](C)COCc2ccccc2)CC[C@@H]1C. The fraction of sp³-hybridized carbons (Fsp3) is 0.606. The van der Waals surface area contributed by atoms with Crippen molar-refractivity contribution < 1.29 is 28.8 Å². The molecule has 1 saturated heterocycles. The van der Waals surface area contributed by atoms with Crippen LogP contribution in [0.25, 0.3) is 0 Å². The first kappa shape index (κ1) is 31.3. The summed E-state index contributed by atoms with van der Waals surface area (Å²) in [5.74, 6) is -0.783. The zero-order chi connectivity index (χ0) is 28.4. The summed E-state index contributed by atoms with van der Waals surface area (Å²) in [5.41, 5.74) is 2.23. The average molecular weight is 541 g/mol. The third kappa shape index (κ3) is 8.87. The number of ether oxygens (including phenoxy) is 4. The van der Waals surface area contributed by atoms with Gasteiger partial charge in [0.2, 0.25) is 0 Å². The molecule has 1 aliphatic rings. The van der Waals surface area contributed by atoms with Gasteiger partial charge in [-0.25, -0.2) is 0 Å². The van der Waals surface area contributed by atoms with Crippen molar-refractivity contribution in [3.63, 3.8) is 0 Å². The van der Waals surface area contributed by atoms with Crippen LogP contribution in [0, 0.1) is 29.6 Å². The summed E-state index contributed by atoms with van der Waals surface area (Å²) in [5, 5.41) is 11.2. The van der Waals surface area contributed by atoms with Gasteiger partial charge in [0.05, 0.1) is 57.3 Å². The molecular weight excluding hydrogens is 492 g/mol. The second-order valence-corrected chi connectivity index (χ2v) is 11.5. The zero-order valence-corrected chi connectivity index (χ0v) is 24.5. The van der Waals surface area contributed by atoms with Gasteiger partial charge in [-0.3, -0.25) is 4.79 Å². The monoisotopic (exact) mass is 540 g/mol. The van der Waals surface area contributed by atoms with E-state index >= 15 is 0 Å². The number of esters is 1. The molecule has 39 heavy (non-hydrogen) atoms. The van der Waals surface area contributed by atoms with Gasteiger partial charge in [0.25, 0.3) is 0 Å². The van der Waals surface area contributed by atoms with E-state index in [2.05, 4.69) is 32.9 Å². The van der Waals surface area contributed by atoms with Gasteiger partial charge in [0.1, 0.15) is 0 Å². The number of aliphatic hydroxyl groups excluding tert-OH is 1. The van der Waals surface area contributed by atoms with E-state index in [-0.39, 0.29) is 36.1 Å². The van der Waals surface area contributed by atoms with Crippen LogP contribution in [0.3, 0.4) is 0 Å². The number of carbonyl (C=O) groups is 1. The Labute approximate surface area is 235 Å². The molecule has 0 saturated carbocycles. The number of hydrogen-bond donors (Lipinski definition) is 1. The minimum atomic E-state index is -0.902. The molecule has 1 fully saturated rings. The molecule has 216 valence electrons. The van der Waals surface area contributed by atoms with Gasteiger partial charge in [-0.1, -0.05) is 88.4 Å². The molecule has 0 aromatic heterocycles. The Hall–Kier alpha value is -2.25. The first-order valence-corrected chi connectivity index (χ1v) is 14.4. The Kier molecular flexibility index (Phi) is 12.4. The van der Waals surface area contributed by atoms with E-state index < -0.39 is 18.0 Å². The molecule has 0 bridgehead atoms. The van der Waals surface area contributed by atoms with Crippen molar-refractivity contribution in [1.29, 1.82) is 0 Å². The molecule has 1 heterocycles. The number of carbonyl (C=O) groups excluding carboxylic acids is 1. The topological polar surface area (TPSA) is 74.2 Å². The van der Waals surface area contributed by atoms with Crippen LogP contribution in [0.5, 0.6) is 0 Å². The summed E-state index contributed by atoms with van der Waals surface area (Å²) < 4.78 is 24.3. The van der Waals surface area contributed by atoms with Crippen LogP contribution in [0.15, 0.2) is 60.7 Å². The predicted octanol–water partition coefficient (Wildman–Crippen LogP) is 6.05. The molecule has 1 N–H and O–H groups in total. The maximum Gasteiger partial charge on any atom is 0.311 e. The van der Waals surface area contributed by atoms with E-state index in [1.54, 1.807) is 6.92 Å². The van der Waals surface area contributed by atoms with Gasteiger partial charge >= 0.3 is 5.97 Å². The lowest BCUT2D eigenvalue weighted by molar-refractivity contribution is -0.173. The van der Waals surface area contributed by atoms with Crippen molar-refractivity contribution in [1.82, 2.24) is 0 Å². The maximum absolute atomic E-state index is 12.2. The summed E-state index contributed by atoms with van der Waals surface area (Å²) in [6, 6.07) is 20.3. The van der Waals surface area contributed by atoms with Crippen LogP contribution in [0.1, 0.15) is 58.6 Å². The van der Waals surface area contributed by atoms with Gasteiger partial charge < -0.3 is 24.1 Å². The van der Waals surface area contributed by atoms with Crippen molar-refractivity contribution in [3.8, 4) is 0 Å². The molecule has 6 nitrogen and oxygen atoms in total. The molecule has 0 unspecified atom stereocenters. The van der Waals surface area contributed by atoms with Crippen LogP contribution < -0.4 is 0 Å². The van der Waals surface area contributed by atoms with Gasteiger partial charge in [-0.2, -0.15) is 0 Å². The number of aliphatic hydroxyl groups is 1. The summed E-state index contributed by atoms with van der Waals surface area (Å²) in [7, 11) is 1.35. The number of hydrogen-bond acceptors (Lipinski definition) is 6. The first-order chi connectivity index (χ1) is 18.7. The summed E-state index contributed by atoms with van der Waals surface area (Å²) >= 11 is 0. The highest BCUT2D eigenvalue weighted by Crippen LogP contribution is 2.37. The molecule has 0 aliphatic carbocycles. The van der Waals surface area contributed by atoms with E-state index in [0.717, 1.165) is 18.4 Å². The van der Waals surface area contributed by atoms with E-state index in [9.17, 15) is 9.90 Å². The summed E-state index contributed by atoms with van der Waals surface area (Å²) in [6.07, 6.45) is 0.887. The van der Waals surface area contributed by atoms with Gasteiger partial charge in [-0.15, -0.1) is 0 Å². The first-order valence-electron chi connectivity index (χ1n) is 14.4. The van der Waals surface area contributed by atoms with Gasteiger partial charge in [0, 0.05) is 17.8 Å². The second kappa shape index (κ2) is 15.5. The van der Waals surface area contributed by atoms with Gasteiger partial charge in [0.15, 0.2) is 0 Å². The molecule has 0 spiro atoms.